The smallest absolute Gasteiger partial charge is 0.250 e. The maximum Gasteiger partial charge on any atom is 0.250 e. The molecule has 2 fully saturated rings. The van der Waals surface area contributed by atoms with Crippen LogP contribution in [0.5, 0.6) is 0 Å². The lowest BCUT2D eigenvalue weighted by molar-refractivity contribution is 0.0758. The summed E-state index contributed by atoms with van der Waals surface area (Å²) in [6.07, 6.45) is 3.12. The fourth-order valence-corrected chi connectivity index (χ4v) is 3.44. The molecule has 1 heterocycles. The molecule has 0 aromatic rings. The van der Waals surface area contributed by atoms with Crippen molar-refractivity contribution < 1.29 is 13.9 Å². The SMILES string of the molecule is CC(C1CC1)N1CC(CCCO)CC(NCC(F)F)C1. The Morgan fingerprint density at radius 2 is 2.05 bits per heavy atom. The summed E-state index contributed by atoms with van der Waals surface area (Å²) in [6, 6.07) is 0.741. The summed E-state index contributed by atoms with van der Waals surface area (Å²) in [5, 5.41) is 12.0. The summed E-state index contributed by atoms with van der Waals surface area (Å²) in [5.41, 5.74) is 0. The molecule has 1 aliphatic carbocycles. The van der Waals surface area contributed by atoms with Gasteiger partial charge in [0.25, 0.3) is 6.43 Å². The van der Waals surface area contributed by atoms with Crippen LogP contribution >= 0.6 is 0 Å². The van der Waals surface area contributed by atoms with Crippen molar-refractivity contribution in [2.24, 2.45) is 11.8 Å². The number of alkyl halides is 2. The first-order chi connectivity index (χ1) is 9.60. The second-order valence-electron chi connectivity index (χ2n) is 6.50. The largest absolute Gasteiger partial charge is 0.396 e. The predicted octanol–water partition coefficient (Wildman–Crippen LogP) is 2.10. The van der Waals surface area contributed by atoms with Gasteiger partial charge in [-0.05, 0) is 50.9 Å². The number of rotatable bonds is 8. The Hall–Kier alpha value is -0.260. The van der Waals surface area contributed by atoms with Crippen LogP contribution in [0.4, 0.5) is 8.78 Å². The molecular formula is C15H28F2N2O. The molecule has 0 bridgehead atoms. The molecule has 5 heteroatoms. The van der Waals surface area contributed by atoms with Gasteiger partial charge in [0.1, 0.15) is 0 Å². The van der Waals surface area contributed by atoms with Crippen LogP contribution in [-0.2, 0) is 0 Å². The van der Waals surface area contributed by atoms with Crippen molar-refractivity contribution >= 4 is 0 Å². The second kappa shape index (κ2) is 7.66. The highest BCUT2D eigenvalue weighted by Gasteiger charge is 2.36. The molecule has 1 aliphatic heterocycles. The van der Waals surface area contributed by atoms with E-state index >= 15 is 0 Å². The Balaban J connectivity index is 1.87. The van der Waals surface area contributed by atoms with Crippen molar-refractivity contribution in [3.63, 3.8) is 0 Å². The molecule has 118 valence electrons. The van der Waals surface area contributed by atoms with Crippen LogP contribution < -0.4 is 5.32 Å². The zero-order valence-corrected chi connectivity index (χ0v) is 12.4. The van der Waals surface area contributed by atoms with Crippen LogP contribution in [0.3, 0.4) is 0 Å². The number of likely N-dealkylation sites (tertiary alicyclic amines) is 1. The zero-order chi connectivity index (χ0) is 14.5. The van der Waals surface area contributed by atoms with E-state index < -0.39 is 6.43 Å². The van der Waals surface area contributed by atoms with Gasteiger partial charge in [-0.2, -0.15) is 0 Å². The number of piperidine rings is 1. The maximum atomic E-state index is 12.4. The molecule has 2 aliphatic rings. The van der Waals surface area contributed by atoms with Gasteiger partial charge in [-0.3, -0.25) is 4.90 Å². The lowest BCUT2D eigenvalue weighted by Gasteiger charge is -2.41. The fourth-order valence-electron chi connectivity index (χ4n) is 3.44. The zero-order valence-electron chi connectivity index (χ0n) is 12.4. The van der Waals surface area contributed by atoms with Crippen molar-refractivity contribution in [1.29, 1.82) is 0 Å². The van der Waals surface area contributed by atoms with Crippen molar-refractivity contribution in [2.45, 2.75) is 57.5 Å². The fraction of sp³-hybridized carbons (Fsp3) is 1.00. The number of hydrogen-bond acceptors (Lipinski definition) is 3. The predicted molar refractivity (Wildman–Crippen MR) is 76.0 cm³/mol. The molecule has 0 spiro atoms. The molecule has 1 saturated carbocycles. The first-order valence-electron chi connectivity index (χ1n) is 7.96. The van der Waals surface area contributed by atoms with Crippen LogP contribution in [0.15, 0.2) is 0 Å². The lowest BCUT2D eigenvalue weighted by atomic mass is 9.89. The van der Waals surface area contributed by atoms with E-state index in [0.29, 0.717) is 12.0 Å². The standard InChI is InChI=1S/C15H28F2N2O/c1-11(13-4-5-13)19-9-12(3-2-6-20)7-14(10-19)18-8-15(16)17/h11-15,18,20H,2-10H2,1H3. The highest BCUT2D eigenvalue weighted by molar-refractivity contribution is 4.91. The van der Waals surface area contributed by atoms with E-state index in [2.05, 4.69) is 17.1 Å². The molecule has 3 atom stereocenters. The molecule has 3 unspecified atom stereocenters. The molecule has 0 amide bonds. The maximum absolute atomic E-state index is 12.4. The number of aliphatic hydroxyl groups excluding tert-OH is 1. The molecule has 1 saturated heterocycles. The van der Waals surface area contributed by atoms with Crippen molar-refractivity contribution in [3.05, 3.63) is 0 Å². The highest BCUT2D eigenvalue weighted by Crippen LogP contribution is 2.37. The Labute approximate surface area is 120 Å². The first-order valence-corrected chi connectivity index (χ1v) is 7.96. The van der Waals surface area contributed by atoms with Crippen molar-refractivity contribution in [1.82, 2.24) is 10.2 Å². The Morgan fingerprint density at radius 1 is 1.30 bits per heavy atom. The Kier molecular flexibility index (Phi) is 6.18. The number of halogens is 2. The summed E-state index contributed by atoms with van der Waals surface area (Å²) >= 11 is 0. The van der Waals surface area contributed by atoms with Crippen LogP contribution in [0.1, 0.15) is 39.0 Å². The van der Waals surface area contributed by atoms with E-state index in [-0.39, 0.29) is 19.2 Å². The summed E-state index contributed by atoms with van der Waals surface area (Å²) in [7, 11) is 0. The summed E-state index contributed by atoms with van der Waals surface area (Å²) in [5.74, 6) is 1.33. The van der Waals surface area contributed by atoms with Gasteiger partial charge in [0, 0.05) is 31.8 Å². The Bertz CT molecular complexity index is 287. The van der Waals surface area contributed by atoms with Gasteiger partial charge < -0.3 is 10.4 Å². The van der Waals surface area contributed by atoms with Crippen molar-refractivity contribution in [3.8, 4) is 0 Å². The van der Waals surface area contributed by atoms with E-state index in [1.54, 1.807) is 0 Å². The monoisotopic (exact) mass is 290 g/mol. The topological polar surface area (TPSA) is 35.5 Å². The number of nitrogens with one attached hydrogen (secondary N) is 1. The van der Waals surface area contributed by atoms with E-state index in [0.717, 1.165) is 38.3 Å². The minimum atomic E-state index is -2.28. The van der Waals surface area contributed by atoms with E-state index in [4.69, 9.17) is 5.11 Å². The average Bonchev–Trinajstić information content (AvgIpc) is 3.26. The lowest BCUT2D eigenvalue weighted by Crippen LogP contribution is -2.53. The third-order valence-corrected chi connectivity index (χ3v) is 4.78. The number of hydrogen-bond donors (Lipinski definition) is 2. The molecule has 0 aromatic heterocycles. The number of nitrogens with zero attached hydrogens (tertiary/aromatic N) is 1. The first kappa shape index (κ1) is 16.1. The van der Waals surface area contributed by atoms with Crippen LogP contribution in [0, 0.1) is 11.8 Å². The van der Waals surface area contributed by atoms with Gasteiger partial charge in [0.15, 0.2) is 0 Å². The van der Waals surface area contributed by atoms with E-state index in [1.807, 2.05) is 0 Å². The van der Waals surface area contributed by atoms with E-state index in [1.165, 1.54) is 12.8 Å². The Morgan fingerprint density at radius 3 is 2.65 bits per heavy atom. The molecule has 0 radical (unpaired) electrons. The number of aliphatic hydroxyl groups is 1. The molecular weight excluding hydrogens is 262 g/mol. The molecule has 20 heavy (non-hydrogen) atoms. The highest BCUT2D eigenvalue weighted by atomic mass is 19.3. The second-order valence-corrected chi connectivity index (χ2v) is 6.50. The minimum absolute atomic E-state index is 0.169. The van der Waals surface area contributed by atoms with Gasteiger partial charge in [-0.1, -0.05) is 0 Å². The van der Waals surface area contributed by atoms with Crippen LogP contribution in [0.2, 0.25) is 0 Å². The average molecular weight is 290 g/mol. The summed E-state index contributed by atoms with van der Waals surface area (Å²) < 4.78 is 24.7. The van der Waals surface area contributed by atoms with Gasteiger partial charge in [-0.15, -0.1) is 0 Å². The third-order valence-electron chi connectivity index (χ3n) is 4.78. The van der Waals surface area contributed by atoms with Gasteiger partial charge in [0.2, 0.25) is 0 Å². The third kappa shape index (κ3) is 4.93. The summed E-state index contributed by atoms with van der Waals surface area (Å²) in [4.78, 5) is 2.48. The van der Waals surface area contributed by atoms with Gasteiger partial charge >= 0.3 is 0 Å². The molecule has 2 N–H and O–H groups in total. The quantitative estimate of drug-likeness (QED) is 0.718. The molecule has 2 rings (SSSR count). The van der Waals surface area contributed by atoms with Crippen LogP contribution in [0.25, 0.3) is 0 Å². The minimum Gasteiger partial charge on any atom is -0.396 e. The van der Waals surface area contributed by atoms with Gasteiger partial charge in [-0.25, -0.2) is 8.78 Å². The van der Waals surface area contributed by atoms with Gasteiger partial charge in [0.05, 0.1) is 6.54 Å². The van der Waals surface area contributed by atoms with Crippen molar-refractivity contribution in [2.75, 3.05) is 26.2 Å². The molecule has 3 nitrogen and oxygen atoms in total. The van der Waals surface area contributed by atoms with E-state index in [9.17, 15) is 8.78 Å². The summed E-state index contributed by atoms with van der Waals surface area (Å²) in [6.45, 7) is 4.24. The normalized spacial score (nSPS) is 29.9. The molecule has 0 aromatic carbocycles. The van der Waals surface area contributed by atoms with Crippen LogP contribution in [-0.4, -0.2) is 54.8 Å².